The van der Waals surface area contributed by atoms with Crippen LogP contribution in [0.1, 0.15) is 15.9 Å². The van der Waals surface area contributed by atoms with Gasteiger partial charge in [-0.15, -0.1) is 10.2 Å². The molecule has 0 saturated heterocycles. The van der Waals surface area contributed by atoms with Gasteiger partial charge in [0.1, 0.15) is 0 Å². The molecule has 0 unspecified atom stereocenters. The van der Waals surface area contributed by atoms with Gasteiger partial charge in [-0.1, -0.05) is 40.8 Å². The molecule has 0 saturated carbocycles. The number of benzene rings is 2. The van der Waals surface area contributed by atoms with Crippen LogP contribution in [0.5, 0.6) is 0 Å². The molecule has 2 N–H and O–H groups in total. The first kappa shape index (κ1) is 22.1. The number of carbonyl (C=O) groups excluding carboxylic acids is 2. The number of anilines is 2. The van der Waals surface area contributed by atoms with Gasteiger partial charge >= 0.3 is 6.18 Å². The second-order valence-corrected chi connectivity index (χ2v) is 8.39. The molecule has 3 rings (SSSR count). The second kappa shape index (κ2) is 9.45. The van der Waals surface area contributed by atoms with Gasteiger partial charge in [0.05, 0.1) is 11.3 Å². The molecule has 6 nitrogen and oxygen atoms in total. The summed E-state index contributed by atoms with van der Waals surface area (Å²) in [5, 5.41) is 13.5. The van der Waals surface area contributed by atoms with E-state index in [1.807, 2.05) is 0 Å². The van der Waals surface area contributed by atoms with Crippen molar-refractivity contribution >= 4 is 57.3 Å². The van der Waals surface area contributed by atoms with Crippen molar-refractivity contribution in [2.75, 3.05) is 16.4 Å². The van der Waals surface area contributed by atoms with Gasteiger partial charge in [0.25, 0.3) is 5.91 Å². The van der Waals surface area contributed by atoms with Crippen molar-refractivity contribution in [1.29, 1.82) is 0 Å². The minimum absolute atomic E-state index is 0.0299. The van der Waals surface area contributed by atoms with E-state index in [9.17, 15) is 22.8 Å². The maximum Gasteiger partial charge on any atom is 0.416 e. The molecule has 156 valence electrons. The fourth-order valence-electron chi connectivity index (χ4n) is 2.18. The van der Waals surface area contributed by atoms with Crippen LogP contribution in [0.4, 0.5) is 24.0 Å². The Hall–Kier alpha value is -2.63. The highest BCUT2D eigenvalue weighted by atomic mass is 35.5. The Labute approximate surface area is 181 Å². The van der Waals surface area contributed by atoms with E-state index < -0.39 is 23.6 Å². The zero-order chi connectivity index (χ0) is 21.7. The fourth-order valence-corrected chi connectivity index (χ4v) is 3.92. The number of rotatable bonds is 6. The molecule has 2 amide bonds. The van der Waals surface area contributed by atoms with Crippen molar-refractivity contribution in [3.8, 4) is 0 Å². The van der Waals surface area contributed by atoms with Crippen LogP contribution in [0.15, 0.2) is 52.9 Å². The Balaban J connectivity index is 1.50. The monoisotopic (exact) mass is 472 g/mol. The number of halogens is 4. The molecule has 0 aliphatic heterocycles. The van der Waals surface area contributed by atoms with Gasteiger partial charge in [-0.3, -0.25) is 14.9 Å². The number of hydrogen-bond donors (Lipinski definition) is 2. The summed E-state index contributed by atoms with van der Waals surface area (Å²) >= 11 is 8.02. The van der Waals surface area contributed by atoms with Crippen LogP contribution < -0.4 is 10.6 Å². The van der Waals surface area contributed by atoms with Crippen molar-refractivity contribution in [2.45, 2.75) is 10.5 Å². The Morgan fingerprint density at radius 3 is 2.47 bits per heavy atom. The van der Waals surface area contributed by atoms with Crippen LogP contribution in [0.2, 0.25) is 5.02 Å². The maximum absolute atomic E-state index is 12.6. The normalized spacial score (nSPS) is 11.2. The summed E-state index contributed by atoms with van der Waals surface area (Å²) in [7, 11) is 0. The predicted octanol–water partition coefficient (Wildman–Crippen LogP) is 5.19. The predicted molar refractivity (Wildman–Crippen MR) is 110 cm³/mol. The lowest BCUT2D eigenvalue weighted by Gasteiger charge is -2.08. The van der Waals surface area contributed by atoms with Crippen LogP contribution in [0.3, 0.4) is 0 Å². The minimum Gasteiger partial charge on any atom is -0.325 e. The molecule has 0 fully saturated rings. The molecule has 1 heterocycles. The lowest BCUT2D eigenvalue weighted by molar-refractivity contribution is -0.137. The second-order valence-electron chi connectivity index (χ2n) is 5.75. The summed E-state index contributed by atoms with van der Waals surface area (Å²) in [4.78, 5) is 24.1. The molecule has 0 atom stereocenters. The average Bonchev–Trinajstić information content (AvgIpc) is 3.13. The number of aromatic nitrogens is 2. The number of thioether (sulfide) groups is 1. The van der Waals surface area contributed by atoms with Crippen molar-refractivity contribution in [2.24, 2.45) is 0 Å². The van der Waals surface area contributed by atoms with Crippen molar-refractivity contribution in [1.82, 2.24) is 10.2 Å². The highest BCUT2D eigenvalue weighted by Gasteiger charge is 2.30. The van der Waals surface area contributed by atoms with Crippen molar-refractivity contribution in [3.63, 3.8) is 0 Å². The van der Waals surface area contributed by atoms with E-state index in [0.29, 0.717) is 14.9 Å². The topological polar surface area (TPSA) is 84.0 Å². The van der Waals surface area contributed by atoms with Gasteiger partial charge in [0.2, 0.25) is 11.0 Å². The third kappa shape index (κ3) is 6.18. The molecular formula is C18H12ClF3N4O2S2. The van der Waals surface area contributed by atoms with Crippen molar-refractivity contribution in [3.05, 3.63) is 64.7 Å². The van der Waals surface area contributed by atoms with Gasteiger partial charge in [-0.05, 0) is 42.5 Å². The molecule has 1 aromatic heterocycles. The van der Waals surface area contributed by atoms with Crippen LogP contribution in [0, 0.1) is 0 Å². The molecule has 30 heavy (non-hydrogen) atoms. The standard InChI is InChI=1S/C18H12ClF3N4O2S2/c19-12-3-1-2-10(8-12)15(28)24-16-25-26-17(30-16)29-9-14(27)23-13-6-4-11(5-7-13)18(20,21)22/h1-8H,9H2,(H,23,27)(H,24,25,28). The Morgan fingerprint density at radius 2 is 1.80 bits per heavy atom. The van der Waals surface area contributed by atoms with Gasteiger partial charge in [0, 0.05) is 16.3 Å². The van der Waals surface area contributed by atoms with Crippen LogP contribution in [-0.2, 0) is 11.0 Å². The van der Waals surface area contributed by atoms with E-state index in [-0.39, 0.29) is 16.6 Å². The molecule has 0 bridgehead atoms. The quantitative estimate of drug-likeness (QED) is 0.381. The average molecular weight is 473 g/mol. The van der Waals surface area contributed by atoms with E-state index in [4.69, 9.17) is 11.6 Å². The SMILES string of the molecule is O=C(CSc1nnc(NC(=O)c2cccc(Cl)c2)s1)Nc1ccc(C(F)(F)F)cc1. The summed E-state index contributed by atoms with van der Waals surface area (Å²) in [6.07, 6.45) is -4.43. The minimum atomic E-state index is -4.43. The lowest BCUT2D eigenvalue weighted by Crippen LogP contribution is -2.14. The highest BCUT2D eigenvalue weighted by molar-refractivity contribution is 8.01. The van der Waals surface area contributed by atoms with Gasteiger partial charge in [0.15, 0.2) is 4.34 Å². The fraction of sp³-hybridized carbons (Fsp3) is 0.111. The van der Waals surface area contributed by atoms with Crippen LogP contribution >= 0.6 is 34.7 Å². The Kier molecular flexibility index (Phi) is 6.95. The summed E-state index contributed by atoms with van der Waals surface area (Å²) in [5.41, 5.74) is -0.181. The molecular weight excluding hydrogens is 461 g/mol. The largest absolute Gasteiger partial charge is 0.416 e. The zero-order valence-corrected chi connectivity index (χ0v) is 17.3. The summed E-state index contributed by atoms with van der Waals surface area (Å²) < 4.78 is 38.1. The Bertz CT molecular complexity index is 1060. The molecule has 0 aliphatic rings. The molecule has 3 aromatic rings. The highest BCUT2D eigenvalue weighted by Crippen LogP contribution is 2.30. The van der Waals surface area contributed by atoms with Crippen molar-refractivity contribution < 1.29 is 22.8 Å². The number of alkyl halides is 3. The number of carbonyl (C=O) groups is 2. The van der Waals surface area contributed by atoms with E-state index in [1.54, 1.807) is 18.2 Å². The number of hydrogen-bond acceptors (Lipinski definition) is 6. The third-order valence-corrected chi connectivity index (χ3v) is 5.74. The van der Waals surface area contributed by atoms with Gasteiger partial charge in [-0.2, -0.15) is 13.2 Å². The number of nitrogens with zero attached hydrogens (tertiary/aromatic N) is 2. The first-order valence-electron chi connectivity index (χ1n) is 8.21. The molecule has 0 spiro atoms. The number of nitrogens with one attached hydrogen (secondary N) is 2. The smallest absolute Gasteiger partial charge is 0.325 e. The van der Waals surface area contributed by atoms with Gasteiger partial charge in [-0.25, -0.2) is 0 Å². The molecule has 12 heteroatoms. The first-order valence-corrected chi connectivity index (χ1v) is 10.4. The Morgan fingerprint density at radius 1 is 1.07 bits per heavy atom. The molecule has 0 aliphatic carbocycles. The molecule has 0 radical (unpaired) electrons. The lowest BCUT2D eigenvalue weighted by atomic mass is 10.2. The van der Waals surface area contributed by atoms with Crippen LogP contribution in [0.25, 0.3) is 0 Å². The van der Waals surface area contributed by atoms with Gasteiger partial charge < -0.3 is 5.32 Å². The van der Waals surface area contributed by atoms with E-state index in [0.717, 1.165) is 35.2 Å². The number of amides is 2. The zero-order valence-electron chi connectivity index (χ0n) is 14.9. The van der Waals surface area contributed by atoms with E-state index in [2.05, 4.69) is 20.8 Å². The first-order chi connectivity index (χ1) is 14.2. The summed E-state index contributed by atoms with van der Waals surface area (Å²) in [6, 6.07) is 10.6. The summed E-state index contributed by atoms with van der Waals surface area (Å²) in [6.45, 7) is 0. The third-order valence-electron chi connectivity index (χ3n) is 3.54. The van der Waals surface area contributed by atoms with Crippen LogP contribution in [-0.4, -0.2) is 27.8 Å². The van der Waals surface area contributed by atoms with E-state index in [1.165, 1.54) is 18.2 Å². The maximum atomic E-state index is 12.6. The summed E-state index contributed by atoms with van der Waals surface area (Å²) in [5.74, 6) is -0.845. The van der Waals surface area contributed by atoms with E-state index >= 15 is 0 Å². The molecule has 2 aromatic carbocycles.